The summed E-state index contributed by atoms with van der Waals surface area (Å²) in [7, 11) is 0. The zero-order chi connectivity index (χ0) is 19.7. The second kappa shape index (κ2) is 7.89. The molecule has 2 amide bonds. The van der Waals surface area contributed by atoms with Crippen LogP contribution in [0.25, 0.3) is 10.8 Å². The van der Waals surface area contributed by atoms with Crippen molar-refractivity contribution in [2.24, 2.45) is 0 Å². The minimum atomic E-state index is -0.334. The van der Waals surface area contributed by atoms with Gasteiger partial charge in [-0.1, -0.05) is 53.4 Å². The second-order valence-corrected chi connectivity index (χ2v) is 9.33. The highest BCUT2D eigenvalue weighted by Crippen LogP contribution is 2.36. The van der Waals surface area contributed by atoms with Gasteiger partial charge in [-0.05, 0) is 42.7 Å². The summed E-state index contributed by atoms with van der Waals surface area (Å²) in [4.78, 5) is 26.1. The predicted molar refractivity (Wildman–Crippen MR) is 114 cm³/mol. The van der Waals surface area contributed by atoms with Crippen molar-refractivity contribution in [3.05, 3.63) is 42.5 Å². The van der Waals surface area contributed by atoms with Crippen LogP contribution in [0, 0.1) is 0 Å². The summed E-state index contributed by atoms with van der Waals surface area (Å²) in [5, 5.41) is 13.8. The number of nitrogens with one attached hydrogen (secondary N) is 1. The van der Waals surface area contributed by atoms with E-state index >= 15 is 0 Å². The third-order valence-corrected chi connectivity index (χ3v) is 6.62. The van der Waals surface area contributed by atoms with E-state index in [4.69, 9.17) is 0 Å². The van der Waals surface area contributed by atoms with Crippen LogP contribution in [-0.4, -0.2) is 33.3 Å². The fourth-order valence-electron chi connectivity index (χ4n) is 2.94. The Hall–Kier alpha value is -2.45. The van der Waals surface area contributed by atoms with Gasteiger partial charge < -0.3 is 5.32 Å². The Morgan fingerprint density at radius 2 is 1.93 bits per heavy atom. The molecule has 0 spiro atoms. The lowest BCUT2D eigenvalue weighted by molar-refractivity contribution is -0.117. The predicted octanol–water partition coefficient (Wildman–Crippen LogP) is 4.33. The van der Waals surface area contributed by atoms with E-state index in [2.05, 4.69) is 15.5 Å². The maximum Gasteiger partial charge on any atom is 0.237 e. The number of aromatic nitrogens is 2. The molecular formula is C20H20N4O2S2. The van der Waals surface area contributed by atoms with Crippen molar-refractivity contribution in [3.8, 4) is 0 Å². The van der Waals surface area contributed by atoms with E-state index in [0.29, 0.717) is 9.47 Å². The first-order chi connectivity index (χ1) is 13.5. The molecule has 1 unspecified atom stereocenters. The molecule has 2 aromatic carbocycles. The molecule has 0 bridgehead atoms. The smallest absolute Gasteiger partial charge is 0.237 e. The number of anilines is 2. The minimum Gasteiger partial charge on any atom is -0.325 e. The highest BCUT2D eigenvalue weighted by molar-refractivity contribution is 8.02. The number of hydrogen-bond donors (Lipinski definition) is 1. The summed E-state index contributed by atoms with van der Waals surface area (Å²) in [5.74, 6) is -0.111. The third-order valence-electron chi connectivity index (χ3n) is 4.52. The van der Waals surface area contributed by atoms with Crippen LogP contribution < -0.4 is 10.2 Å². The van der Waals surface area contributed by atoms with E-state index in [9.17, 15) is 9.59 Å². The lowest BCUT2D eigenvalue weighted by atomic mass is 10.1. The van der Waals surface area contributed by atoms with Crippen molar-refractivity contribution in [1.29, 1.82) is 0 Å². The molecule has 144 valence electrons. The Labute approximate surface area is 171 Å². The highest BCUT2D eigenvalue weighted by Gasteiger charge is 2.34. The van der Waals surface area contributed by atoms with Crippen LogP contribution in [0.15, 0.2) is 46.8 Å². The first-order valence-corrected chi connectivity index (χ1v) is 10.8. The summed E-state index contributed by atoms with van der Waals surface area (Å²) in [6.45, 7) is 3.39. The molecule has 8 heteroatoms. The number of hydrogen-bond acceptors (Lipinski definition) is 6. The van der Waals surface area contributed by atoms with Gasteiger partial charge in [0.1, 0.15) is 0 Å². The van der Waals surface area contributed by atoms with Gasteiger partial charge in [0.25, 0.3) is 0 Å². The monoisotopic (exact) mass is 412 g/mol. The molecule has 0 aliphatic heterocycles. The quantitative estimate of drug-likeness (QED) is 0.482. The van der Waals surface area contributed by atoms with Crippen LogP contribution in [0.2, 0.25) is 0 Å². The summed E-state index contributed by atoms with van der Waals surface area (Å²) in [6.07, 6.45) is 2.01. The molecule has 4 rings (SSSR count). The van der Waals surface area contributed by atoms with Gasteiger partial charge in [-0.3, -0.25) is 14.5 Å². The van der Waals surface area contributed by atoms with Gasteiger partial charge in [0.2, 0.25) is 16.9 Å². The molecule has 1 atom stereocenters. The summed E-state index contributed by atoms with van der Waals surface area (Å²) in [6, 6.07) is 14.1. The molecule has 6 nitrogen and oxygen atoms in total. The highest BCUT2D eigenvalue weighted by atomic mass is 32.2. The SMILES string of the molecule is CC(=O)N(c1nnc(SC(C)C(=O)Nc2ccc3ccccc3c2)s1)C1CC1. The first kappa shape index (κ1) is 18.9. The zero-order valence-electron chi connectivity index (χ0n) is 15.6. The van der Waals surface area contributed by atoms with Gasteiger partial charge in [-0.15, -0.1) is 10.2 Å². The van der Waals surface area contributed by atoms with Gasteiger partial charge >= 0.3 is 0 Å². The molecule has 1 heterocycles. The van der Waals surface area contributed by atoms with Crippen LogP contribution >= 0.6 is 23.1 Å². The maximum atomic E-state index is 12.6. The molecule has 3 aromatic rings. The van der Waals surface area contributed by atoms with E-state index in [0.717, 1.165) is 29.3 Å². The van der Waals surface area contributed by atoms with E-state index in [1.807, 2.05) is 49.4 Å². The van der Waals surface area contributed by atoms with Gasteiger partial charge in [0.15, 0.2) is 4.34 Å². The molecular weight excluding hydrogens is 392 g/mol. The molecule has 1 aliphatic carbocycles. The van der Waals surface area contributed by atoms with Crippen LogP contribution in [0.1, 0.15) is 26.7 Å². The molecule has 1 fully saturated rings. The van der Waals surface area contributed by atoms with Crippen molar-refractivity contribution in [2.45, 2.75) is 42.3 Å². The first-order valence-electron chi connectivity index (χ1n) is 9.11. The Kier molecular flexibility index (Phi) is 5.32. The van der Waals surface area contributed by atoms with Crippen molar-refractivity contribution < 1.29 is 9.59 Å². The molecule has 1 N–H and O–H groups in total. The largest absolute Gasteiger partial charge is 0.325 e. The fourth-order valence-corrected chi connectivity index (χ4v) is 5.04. The maximum absolute atomic E-state index is 12.6. The van der Waals surface area contributed by atoms with Crippen LogP contribution in [0.4, 0.5) is 10.8 Å². The normalized spacial score (nSPS) is 14.6. The molecule has 0 radical (unpaired) electrons. The van der Waals surface area contributed by atoms with Crippen LogP contribution in [0.3, 0.4) is 0 Å². The van der Waals surface area contributed by atoms with E-state index in [1.54, 1.807) is 11.8 Å². The number of benzene rings is 2. The molecule has 0 saturated heterocycles. The van der Waals surface area contributed by atoms with Crippen molar-refractivity contribution >= 4 is 56.5 Å². The summed E-state index contributed by atoms with van der Waals surface area (Å²) >= 11 is 2.71. The van der Waals surface area contributed by atoms with E-state index < -0.39 is 0 Å². The van der Waals surface area contributed by atoms with Crippen LogP contribution in [-0.2, 0) is 9.59 Å². The Balaban J connectivity index is 1.40. The Bertz CT molecular complexity index is 1030. The zero-order valence-corrected chi connectivity index (χ0v) is 17.2. The number of amides is 2. The fraction of sp³-hybridized carbons (Fsp3) is 0.300. The van der Waals surface area contributed by atoms with Crippen molar-refractivity contribution in [1.82, 2.24) is 10.2 Å². The van der Waals surface area contributed by atoms with Gasteiger partial charge in [0.05, 0.1) is 5.25 Å². The number of nitrogens with zero attached hydrogens (tertiary/aromatic N) is 3. The van der Waals surface area contributed by atoms with Crippen molar-refractivity contribution in [2.75, 3.05) is 10.2 Å². The van der Waals surface area contributed by atoms with Crippen molar-refractivity contribution in [3.63, 3.8) is 0 Å². The second-order valence-electron chi connectivity index (χ2n) is 6.78. The Morgan fingerprint density at radius 1 is 1.18 bits per heavy atom. The lowest BCUT2D eigenvalue weighted by Gasteiger charge is -2.15. The Morgan fingerprint density at radius 3 is 2.64 bits per heavy atom. The standard InChI is InChI=1S/C20H20N4O2S2/c1-12(18(26)21-16-8-7-14-5-3-4-6-15(14)11-16)27-20-23-22-19(28-20)24(13(2)25)17-9-10-17/h3-8,11-12,17H,9-10H2,1-2H3,(H,21,26). The average Bonchev–Trinajstić information content (AvgIpc) is 3.40. The number of thioether (sulfide) groups is 1. The summed E-state index contributed by atoms with van der Waals surface area (Å²) < 4.78 is 0.683. The average molecular weight is 413 g/mol. The minimum absolute atomic E-state index is 0.0164. The molecule has 1 aromatic heterocycles. The lowest BCUT2D eigenvalue weighted by Crippen LogP contribution is -2.30. The third kappa shape index (κ3) is 4.18. The van der Waals surface area contributed by atoms with E-state index in [-0.39, 0.29) is 23.1 Å². The van der Waals surface area contributed by atoms with Gasteiger partial charge in [-0.25, -0.2) is 0 Å². The van der Waals surface area contributed by atoms with Crippen LogP contribution in [0.5, 0.6) is 0 Å². The molecule has 1 aliphatic rings. The van der Waals surface area contributed by atoms with Gasteiger partial charge in [-0.2, -0.15) is 0 Å². The summed E-state index contributed by atoms with van der Waals surface area (Å²) in [5.41, 5.74) is 0.769. The topological polar surface area (TPSA) is 75.2 Å². The number of carbonyl (C=O) groups is 2. The number of fused-ring (bicyclic) bond motifs is 1. The van der Waals surface area contributed by atoms with E-state index in [1.165, 1.54) is 23.1 Å². The molecule has 28 heavy (non-hydrogen) atoms. The number of carbonyl (C=O) groups excluding carboxylic acids is 2. The molecule has 1 saturated carbocycles. The number of rotatable bonds is 6. The van der Waals surface area contributed by atoms with Gasteiger partial charge in [0, 0.05) is 18.7 Å².